The third-order valence-corrected chi connectivity index (χ3v) is 3.74. The van der Waals surface area contributed by atoms with Gasteiger partial charge in [-0.1, -0.05) is 12.1 Å². The fourth-order valence-electron chi connectivity index (χ4n) is 3.47. The van der Waals surface area contributed by atoms with Gasteiger partial charge in [0.05, 0.1) is 5.56 Å². The van der Waals surface area contributed by atoms with Gasteiger partial charge in [0, 0.05) is 22.8 Å². The molecule has 0 atom stereocenters. The van der Waals surface area contributed by atoms with Crippen molar-refractivity contribution >= 4 is 11.6 Å². The van der Waals surface area contributed by atoms with E-state index in [9.17, 15) is 4.79 Å². The lowest BCUT2D eigenvalue weighted by Gasteiger charge is -2.47. The summed E-state index contributed by atoms with van der Waals surface area (Å²) in [4.78, 5) is 11.5. The molecule has 1 fully saturated rings. The Labute approximate surface area is 121 Å². The molecule has 1 amide bonds. The van der Waals surface area contributed by atoms with E-state index in [2.05, 4.69) is 38.3 Å². The summed E-state index contributed by atoms with van der Waals surface area (Å²) in [5, 5.41) is 7.15. The van der Waals surface area contributed by atoms with E-state index >= 15 is 0 Å². The standard InChI is InChI=1S/C16H25N3O/c1-15(2)9-11(10-16(3,4)19-15)18-13-8-6-5-7-12(13)14(17)20/h5-8,11,18-19H,9-10H2,1-4H3,(H2,17,20). The van der Waals surface area contributed by atoms with E-state index in [1.807, 2.05) is 18.2 Å². The second-order valence-corrected chi connectivity index (χ2v) is 7.05. The zero-order chi connectivity index (χ0) is 15.0. The predicted molar refractivity (Wildman–Crippen MR) is 82.9 cm³/mol. The maximum atomic E-state index is 11.5. The number of primary amides is 1. The van der Waals surface area contributed by atoms with Gasteiger partial charge in [-0.3, -0.25) is 4.79 Å². The van der Waals surface area contributed by atoms with E-state index in [0.29, 0.717) is 11.6 Å². The fourth-order valence-corrected chi connectivity index (χ4v) is 3.47. The second kappa shape index (κ2) is 5.09. The maximum Gasteiger partial charge on any atom is 0.250 e. The SMILES string of the molecule is CC1(C)CC(Nc2ccccc2C(N)=O)CC(C)(C)N1. The summed E-state index contributed by atoms with van der Waals surface area (Å²) in [5.74, 6) is -0.388. The lowest BCUT2D eigenvalue weighted by atomic mass is 9.79. The second-order valence-electron chi connectivity index (χ2n) is 7.05. The van der Waals surface area contributed by atoms with Gasteiger partial charge in [-0.15, -0.1) is 0 Å². The van der Waals surface area contributed by atoms with E-state index < -0.39 is 0 Å². The van der Waals surface area contributed by atoms with Crippen molar-refractivity contribution in [1.29, 1.82) is 0 Å². The van der Waals surface area contributed by atoms with Gasteiger partial charge < -0.3 is 16.4 Å². The van der Waals surface area contributed by atoms with Crippen molar-refractivity contribution in [3.8, 4) is 0 Å². The normalized spacial score (nSPS) is 21.4. The van der Waals surface area contributed by atoms with Crippen LogP contribution in [0.15, 0.2) is 24.3 Å². The van der Waals surface area contributed by atoms with Crippen LogP contribution < -0.4 is 16.4 Å². The zero-order valence-corrected chi connectivity index (χ0v) is 12.8. The van der Waals surface area contributed by atoms with Crippen molar-refractivity contribution in [2.75, 3.05) is 5.32 Å². The van der Waals surface area contributed by atoms with Crippen molar-refractivity contribution in [2.24, 2.45) is 5.73 Å². The average molecular weight is 275 g/mol. The molecule has 1 aromatic rings. The Morgan fingerprint density at radius 3 is 2.30 bits per heavy atom. The first-order valence-electron chi connectivity index (χ1n) is 7.13. The molecule has 4 heteroatoms. The highest BCUT2D eigenvalue weighted by Gasteiger charge is 2.37. The summed E-state index contributed by atoms with van der Waals surface area (Å²) in [6, 6.07) is 7.76. The van der Waals surface area contributed by atoms with E-state index in [1.165, 1.54) is 0 Å². The largest absolute Gasteiger partial charge is 0.382 e. The number of carbonyl (C=O) groups is 1. The third-order valence-electron chi connectivity index (χ3n) is 3.74. The molecule has 1 aromatic carbocycles. The van der Waals surface area contributed by atoms with E-state index in [4.69, 9.17) is 5.73 Å². The summed E-state index contributed by atoms with van der Waals surface area (Å²) in [5.41, 5.74) is 6.97. The summed E-state index contributed by atoms with van der Waals surface area (Å²) in [6.45, 7) is 8.84. The number of amides is 1. The molecular weight excluding hydrogens is 250 g/mol. The number of benzene rings is 1. The molecule has 1 saturated heterocycles. The lowest BCUT2D eigenvalue weighted by Crippen LogP contribution is -2.60. The highest BCUT2D eigenvalue weighted by atomic mass is 16.1. The Kier molecular flexibility index (Phi) is 3.78. The van der Waals surface area contributed by atoms with Crippen LogP contribution in [-0.2, 0) is 0 Å². The first-order chi connectivity index (χ1) is 9.19. The van der Waals surface area contributed by atoms with Crippen LogP contribution >= 0.6 is 0 Å². The van der Waals surface area contributed by atoms with Gasteiger partial charge in [-0.05, 0) is 52.7 Å². The minimum atomic E-state index is -0.388. The maximum absolute atomic E-state index is 11.5. The van der Waals surface area contributed by atoms with Crippen LogP contribution in [0.25, 0.3) is 0 Å². The fraction of sp³-hybridized carbons (Fsp3) is 0.562. The molecule has 0 aromatic heterocycles. The highest BCUT2D eigenvalue weighted by Crippen LogP contribution is 2.31. The van der Waals surface area contributed by atoms with Crippen molar-refractivity contribution in [1.82, 2.24) is 5.32 Å². The smallest absolute Gasteiger partial charge is 0.250 e. The van der Waals surface area contributed by atoms with Crippen LogP contribution in [-0.4, -0.2) is 23.0 Å². The predicted octanol–water partition coefficient (Wildman–Crippen LogP) is 2.51. The van der Waals surface area contributed by atoms with Crippen LogP contribution in [0.2, 0.25) is 0 Å². The Balaban J connectivity index is 2.20. The van der Waals surface area contributed by atoms with Crippen molar-refractivity contribution < 1.29 is 4.79 Å². The number of para-hydroxylation sites is 1. The summed E-state index contributed by atoms with van der Waals surface area (Å²) in [6.07, 6.45) is 2.01. The Morgan fingerprint density at radius 1 is 1.20 bits per heavy atom. The topological polar surface area (TPSA) is 67.1 Å². The molecule has 0 unspecified atom stereocenters. The Hall–Kier alpha value is -1.55. The minimum absolute atomic E-state index is 0.0705. The molecule has 0 spiro atoms. The zero-order valence-electron chi connectivity index (χ0n) is 12.8. The molecule has 20 heavy (non-hydrogen) atoms. The summed E-state index contributed by atoms with van der Waals surface area (Å²) < 4.78 is 0. The monoisotopic (exact) mass is 275 g/mol. The molecule has 110 valence electrons. The van der Waals surface area contributed by atoms with Crippen molar-refractivity contribution in [2.45, 2.75) is 57.7 Å². The van der Waals surface area contributed by atoms with Crippen LogP contribution in [0.3, 0.4) is 0 Å². The number of carbonyl (C=O) groups excluding carboxylic acids is 1. The van der Waals surface area contributed by atoms with Crippen LogP contribution in [0.1, 0.15) is 50.9 Å². The number of anilines is 1. The van der Waals surface area contributed by atoms with E-state index in [0.717, 1.165) is 18.5 Å². The van der Waals surface area contributed by atoms with E-state index in [-0.39, 0.29) is 17.0 Å². The molecule has 1 aliphatic heterocycles. The molecule has 4 nitrogen and oxygen atoms in total. The molecule has 1 heterocycles. The molecule has 0 bridgehead atoms. The minimum Gasteiger partial charge on any atom is -0.382 e. The lowest BCUT2D eigenvalue weighted by molar-refractivity contribution is 0.100. The van der Waals surface area contributed by atoms with Crippen LogP contribution in [0.5, 0.6) is 0 Å². The van der Waals surface area contributed by atoms with Crippen LogP contribution in [0, 0.1) is 0 Å². The molecule has 2 rings (SSSR count). The number of nitrogens with one attached hydrogen (secondary N) is 2. The van der Waals surface area contributed by atoms with Crippen molar-refractivity contribution in [3.05, 3.63) is 29.8 Å². The van der Waals surface area contributed by atoms with Gasteiger partial charge in [0.15, 0.2) is 0 Å². The first kappa shape index (κ1) is 14.9. The highest BCUT2D eigenvalue weighted by molar-refractivity contribution is 5.98. The molecule has 4 N–H and O–H groups in total. The molecular formula is C16H25N3O. The van der Waals surface area contributed by atoms with Gasteiger partial charge in [0.25, 0.3) is 5.91 Å². The molecule has 0 saturated carbocycles. The number of piperidine rings is 1. The van der Waals surface area contributed by atoms with Gasteiger partial charge >= 0.3 is 0 Å². The molecule has 0 aliphatic carbocycles. The Bertz CT molecular complexity index is 492. The van der Waals surface area contributed by atoms with Crippen molar-refractivity contribution in [3.63, 3.8) is 0 Å². The first-order valence-corrected chi connectivity index (χ1v) is 7.13. The van der Waals surface area contributed by atoms with Gasteiger partial charge in [-0.25, -0.2) is 0 Å². The number of rotatable bonds is 3. The van der Waals surface area contributed by atoms with Gasteiger partial charge in [0.1, 0.15) is 0 Å². The van der Waals surface area contributed by atoms with Gasteiger partial charge in [-0.2, -0.15) is 0 Å². The molecule has 1 aliphatic rings. The summed E-state index contributed by atoms with van der Waals surface area (Å²) >= 11 is 0. The average Bonchev–Trinajstić information content (AvgIpc) is 2.24. The summed E-state index contributed by atoms with van der Waals surface area (Å²) in [7, 11) is 0. The number of hydrogen-bond acceptors (Lipinski definition) is 3. The quantitative estimate of drug-likeness (QED) is 0.794. The van der Waals surface area contributed by atoms with E-state index in [1.54, 1.807) is 6.07 Å². The van der Waals surface area contributed by atoms with Gasteiger partial charge in [0.2, 0.25) is 0 Å². The number of nitrogens with two attached hydrogens (primary N) is 1. The number of hydrogen-bond donors (Lipinski definition) is 3. The van der Waals surface area contributed by atoms with Crippen LogP contribution in [0.4, 0.5) is 5.69 Å². The molecule has 0 radical (unpaired) electrons. The Morgan fingerprint density at radius 2 is 1.75 bits per heavy atom. The third kappa shape index (κ3) is 3.51.